The molecule has 7 rings (SSSR count). The van der Waals surface area contributed by atoms with Crippen LogP contribution in [-0.4, -0.2) is 26.2 Å². The van der Waals surface area contributed by atoms with E-state index in [1.807, 2.05) is 13.0 Å². The summed E-state index contributed by atoms with van der Waals surface area (Å²) in [6, 6.07) is 61.3. The first-order valence-electron chi connectivity index (χ1n) is 16.0. The molecule has 7 aromatic carbocycles. The number of ketones is 1. The van der Waals surface area contributed by atoms with Crippen molar-refractivity contribution in [1.82, 2.24) is 0 Å². The molecule has 0 fully saturated rings. The molecule has 0 aliphatic carbocycles. The van der Waals surface area contributed by atoms with Crippen molar-refractivity contribution in [3.63, 3.8) is 0 Å². The van der Waals surface area contributed by atoms with Gasteiger partial charge >= 0.3 is 0 Å². The van der Waals surface area contributed by atoms with Crippen LogP contribution in [0.4, 0.5) is 0 Å². The maximum absolute atomic E-state index is 11.9. The van der Waals surface area contributed by atoms with Gasteiger partial charge in [0.15, 0.2) is 28.8 Å². The van der Waals surface area contributed by atoms with Gasteiger partial charge in [-0.05, 0) is 91.3 Å². The quantitative estimate of drug-likeness (QED) is 0.0812. The van der Waals surface area contributed by atoms with Gasteiger partial charge in [-0.25, -0.2) is 0 Å². The Balaban J connectivity index is 0.000000166. The summed E-state index contributed by atoms with van der Waals surface area (Å²) in [5, 5.41) is 41.6. The molecule has 4 N–H and O–H groups in total. The Kier molecular flexibility index (Phi) is 11.8. The number of aromatic hydroxyl groups is 4. The third-order valence-electron chi connectivity index (χ3n) is 7.98. The molecule has 0 amide bonds. The van der Waals surface area contributed by atoms with Crippen LogP contribution in [0.2, 0.25) is 0 Å². The summed E-state index contributed by atoms with van der Waals surface area (Å²) < 4.78 is 0. The Labute approximate surface area is 293 Å². The number of benzene rings is 7. The Hall–Kier alpha value is -6.16. The van der Waals surface area contributed by atoms with Gasteiger partial charge in [-0.3, -0.25) is 4.79 Å². The molecule has 0 aliphatic rings. The van der Waals surface area contributed by atoms with Crippen LogP contribution >= 0.6 is 7.26 Å². The minimum atomic E-state index is -1.91. The van der Waals surface area contributed by atoms with Crippen molar-refractivity contribution in [3.05, 3.63) is 205 Å². The molecule has 0 heterocycles. The summed E-state index contributed by atoms with van der Waals surface area (Å²) in [5.41, 5.74) is 1.83. The van der Waals surface area contributed by atoms with Crippen LogP contribution in [0, 0.1) is 6.92 Å². The number of carbonyl (C=O) groups excluding carboxylic acids is 1. The molecular formula is C44H38O5P+. The van der Waals surface area contributed by atoms with E-state index in [9.17, 15) is 9.90 Å². The van der Waals surface area contributed by atoms with Crippen molar-refractivity contribution in [2.75, 3.05) is 0 Å². The lowest BCUT2D eigenvalue weighted by Gasteiger charge is -2.27. The highest BCUT2D eigenvalue weighted by molar-refractivity contribution is 8.01. The third kappa shape index (κ3) is 8.27. The molecule has 0 aromatic heterocycles. The number of hydrogen-bond donors (Lipinski definition) is 4. The van der Waals surface area contributed by atoms with Crippen LogP contribution in [0.1, 0.15) is 21.5 Å². The van der Waals surface area contributed by atoms with Gasteiger partial charge in [0.2, 0.25) is 0 Å². The van der Waals surface area contributed by atoms with E-state index in [0.717, 1.165) is 5.56 Å². The van der Waals surface area contributed by atoms with E-state index >= 15 is 0 Å². The summed E-state index contributed by atoms with van der Waals surface area (Å²) >= 11 is 0. The standard InChI is InChI=1S/C24H20P.C13H10O3.C7H8O2/c1-5-13-21(14-6-1)25(22-15-7-2-8-16-22,23-17-9-3-10-18-23)24-19-11-4-12-20-24;14-11-7-6-10(8-12(11)15)13(16)9-4-2-1-3-5-9;1-5-2-3-6(8)7(9)4-5/h1-20H;1-8,14-15H;2-4,8-9H,1H3/q+1;;. The first-order chi connectivity index (χ1) is 24.3. The fraction of sp³-hybridized carbons (Fsp3) is 0.0227. The van der Waals surface area contributed by atoms with Crippen LogP contribution in [-0.2, 0) is 0 Å². The molecule has 248 valence electrons. The number of phenols is 4. The van der Waals surface area contributed by atoms with E-state index in [2.05, 4.69) is 121 Å². The van der Waals surface area contributed by atoms with Crippen LogP contribution in [0.3, 0.4) is 0 Å². The first-order valence-corrected chi connectivity index (χ1v) is 17.8. The summed E-state index contributed by atoms with van der Waals surface area (Å²) in [5.74, 6) is -0.835. The lowest BCUT2D eigenvalue weighted by Crippen LogP contribution is -2.38. The Morgan fingerprint density at radius 1 is 0.380 bits per heavy atom. The average molecular weight is 678 g/mol. The zero-order valence-electron chi connectivity index (χ0n) is 27.5. The molecule has 6 heteroatoms. The lowest BCUT2D eigenvalue weighted by molar-refractivity contribution is 0.103. The van der Waals surface area contributed by atoms with Crippen molar-refractivity contribution in [1.29, 1.82) is 0 Å². The fourth-order valence-electron chi connectivity index (χ4n) is 5.56. The van der Waals surface area contributed by atoms with Gasteiger partial charge in [0.25, 0.3) is 0 Å². The molecule has 5 nitrogen and oxygen atoms in total. The summed E-state index contributed by atoms with van der Waals surface area (Å²) in [4.78, 5) is 11.9. The van der Waals surface area contributed by atoms with E-state index in [-0.39, 0.29) is 28.8 Å². The highest BCUT2D eigenvalue weighted by Crippen LogP contribution is 2.54. The van der Waals surface area contributed by atoms with Crippen LogP contribution in [0.5, 0.6) is 23.0 Å². The average Bonchev–Trinajstić information content (AvgIpc) is 3.17. The minimum Gasteiger partial charge on any atom is -0.504 e. The number of phenolic OH excluding ortho intramolecular Hbond substituents is 4. The second-order valence-corrected chi connectivity index (χ2v) is 14.8. The molecule has 0 unspecified atom stereocenters. The van der Waals surface area contributed by atoms with Gasteiger partial charge in [0, 0.05) is 11.1 Å². The summed E-state index contributed by atoms with van der Waals surface area (Å²) in [6.07, 6.45) is 0. The molecule has 0 radical (unpaired) electrons. The number of rotatable bonds is 6. The van der Waals surface area contributed by atoms with Crippen molar-refractivity contribution in [2.24, 2.45) is 0 Å². The van der Waals surface area contributed by atoms with Crippen molar-refractivity contribution in [3.8, 4) is 23.0 Å². The Morgan fingerprint density at radius 3 is 1.06 bits per heavy atom. The van der Waals surface area contributed by atoms with Gasteiger partial charge in [-0.1, -0.05) is 109 Å². The SMILES string of the molecule is Cc1ccc(O)c(O)c1.O=C(c1ccccc1)c1ccc(O)c(O)c1.c1ccc([P+](c2ccccc2)(c2ccccc2)c2ccccc2)cc1. The van der Waals surface area contributed by atoms with E-state index in [1.54, 1.807) is 30.3 Å². The van der Waals surface area contributed by atoms with Crippen LogP contribution < -0.4 is 21.2 Å². The largest absolute Gasteiger partial charge is 0.504 e. The molecule has 7 aromatic rings. The number of aryl methyl sites for hydroxylation is 1. The smallest absolute Gasteiger partial charge is 0.193 e. The molecule has 0 aliphatic heterocycles. The van der Waals surface area contributed by atoms with Gasteiger partial charge in [0.05, 0.1) is 0 Å². The van der Waals surface area contributed by atoms with Crippen molar-refractivity contribution in [2.45, 2.75) is 6.92 Å². The minimum absolute atomic E-state index is 0.0602. The molecule has 0 bridgehead atoms. The normalized spacial score (nSPS) is 10.5. The maximum atomic E-state index is 11.9. The van der Waals surface area contributed by atoms with Gasteiger partial charge in [0.1, 0.15) is 28.5 Å². The fourth-order valence-corrected chi connectivity index (χ4v) is 9.82. The number of carbonyl (C=O) groups is 1. The molecule has 0 saturated carbocycles. The van der Waals surface area contributed by atoms with E-state index in [4.69, 9.17) is 15.3 Å². The topological polar surface area (TPSA) is 98.0 Å². The lowest BCUT2D eigenvalue weighted by atomic mass is 10.0. The van der Waals surface area contributed by atoms with Crippen LogP contribution in [0.15, 0.2) is 188 Å². The summed E-state index contributed by atoms with van der Waals surface area (Å²) in [7, 11) is -1.91. The van der Waals surface area contributed by atoms with E-state index in [0.29, 0.717) is 11.1 Å². The predicted octanol–water partition coefficient (Wildman–Crippen LogP) is 8.04. The zero-order valence-corrected chi connectivity index (χ0v) is 28.4. The van der Waals surface area contributed by atoms with Gasteiger partial charge < -0.3 is 20.4 Å². The van der Waals surface area contributed by atoms with E-state index < -0.39 is 7.26 Å². The number of hydrogen-bond acceptors (Lipinski definition) is 5. The zero-order chi connectivity index (χ0) is 35.3. The highest BCUT2D eigenvalue weighted by Gasteiger charge is 2.47. The summed E-state index contributed by atoms with van der Waals surface area (Å²) in [6.45, 7) is 1.85. The molecular weight excluding hydrogens is 639 g/mol. The van der Waals surface area contributed by atoms with Crippen molar-refractivity contribution >= 4 is 34.3 Å². The predicted molar refractivity (Wildman–Crippen MR) is 205 cm³/mol. The van der Waals surface area contributed by atoms with Gasteiger partial charge in [-0.2, -0.15) is 0 Å². The van der Waals surface area contributed by atoms with E-state index in [1.165, 1.54) is 51.5 Å². The first kappa shape index (κ1) is 35.2. The second-order valence-electron chi connectivity index (χ2n) is 11.4. The molecule has 0 saturated heterocycles. The van der Waals surface area contributed by atoms with Crippen LogP contribution in [0.25, 0.3) is 0 Å². The third-order valence-corrected chi connectivity index (χ3v) is 12.3. The second kappa shape index (κ2) is 16.8. The Morgan fingerprint density at radius 2 is 0.720 bits per heavy atom. The van der Waals surface area contributed by atoms with Crippen molar-refractivity contribution < 1.29 is 25.2 Å². The molecule has 0 spiro atoms. The monoisotopic (exact) mass is 677 g/mol. The maximum Gasteiger partial charge on any atom is 0.193 e. The Bertz CT molecular complexity index is 1940. The highest BCUT2D eigenvalue weighted by atomic mass is 31.2. The van der Waals surface area contributed by atoms with Gasteiger partial charge in [-0.15, -0.1) is 0 Å². The molecule has 0 atom stereocenters. The molecule has 50 heavy (non-hydrogen) atoms.